The highest BCUT2D eigenvalue weighted by Crippen LogP contribution is 2.42. The largest absolute Gasteiger partial charge is 0.348 e. The van der Waals surface area contributed by atoms with E-state index in [0.29, 0.717) is 0 Å². The summed E-state index contributed by atoms with van der Waals surface area (Å²) in [5, 5.41) is 1.34. The molecule has 0 saturated carbocycles. The lowest BCUT2D eigenvalue weighted by Gasteiger charge is -2.50. The number of hydrogen-bond acceptors (Lipinski definition) is 4. The molecule has 5 rings (SSSR count). The van der Waals surface area contributed by atoms with Crippen molar-refractivity contribution in [3.63, 3.8) is 0 Å². The maximum Gasteiger partial charge on any atom is 0.220 e. The first-order chi connectivity index (χ1) is 13.2. The summed E-state index contributed by atoms with van der Waals surface area (Å²) < 4.78 is 1.36. The second-order valence-corrected chi connectivity index (χ2v) is 8.88. The monoisotopic (exact) mass is 380 g/mol. The number of piperidine rings is 1. The van der Waals surface area contributed by atoms with Gasteiger partial charge in [-0.25, -0.2) is 4.98 Å². The van der Waals surface area contributed by atoms with Gasteiger partial charge in [0.25, 0.3) is 0 Å². The predicted molar refractivity (Wildman–Crippen MR) is 108 cm³/mol. The molecule has 1 N–H and O–H groups in total. The van der Waals surface area contributed by atoms with Crippen LogP contribution in [0.25, 0.3) is 10.1 Å². The standard InChI is InChI=1S/C21H24N4OS/c1-15(26)25-9-6-18-20(23-14-22-18)21(25)7-10-24(11-8-21)13-17-12-16-4-2-3-5-19(16)27-17/h2-5,12,14H,6-11,13H2,1H3,(H,22,23). The molecule has 2 aliphatic heterocycles. The van der Waals surface area contributed by atoms with Crippen molar-refractivity contribution in [3.8, 4) is 0 Å². The van der Waals surface area contributed by atoms with Crippen LogP contribution in [0, 0.1) is 0 Å². The third-order valence-corrected chi connectivity index (χ3v) is 7.28. The topological polar surface area (TPSA) is 52.2 Å². The Balaban J connectivity index is 1.36. The lowest BCUT2D eigenvalue weighted by molar-refractivity contribution is -0.139. The van der Waals surface area contributed by atoms with Gasteiger partial charge in [-0.05, 0) is 30.4 Å². The van der Waals surface area contributed by atoms with E-state index in [9.17, 15) is 4.79 Å². The smallest absolute Gasteiger partial charge is 0.220 e. The van der Waals surface area contributed by atoms with Gasteiger partial charge in [0.05, 0.1) is 17.6 Å². The highest BCUT2D eigenvalue weighted by Gasteiger charge is 2.47. The number of rotatable bonds is 2. The molecule has 1 fully saturated rings. The summed E-state index contributed by atoms with van der Waals surface area (Å²) in [5.74, 6) is 0.168. The number of fused-ring (bicyclic) bond motifs is 3. The molecule has 4 heterocycles. The normalized spacial score (nSPS) is 19.5. The maximum atomic E-state index is 12.4. The van der Waals surface area contributed by atoms with E-state index < -0.39 is 0 Å². The van der Waals surface area contributed by atoms with E-state index >= 15 is 0 Å². The maximum absolute atomic E-state index is 12.4. The second kappa shape index (κ2) is 6.46. The summed E-state index contributed by atoms with van der Waals surface area (Å²) in [6.07, 6.45) is 4.58. The van der Waals surface area contributed by atoms with Gasteiger partial charge in [0.1, 0.15) is 0 Å². The number of imidazole rings is 1. The first-order valence-electron chi connectivity index (χ1n) is 9.66. The van der Waals surface area contributed by atoms with Gasteiger partial charge >= 0.3 is 0 Å². The lowest BCUT2D eigenvalue weighted by atomic mass is 9.78. The lowest BCUT2D eigenvalue weighted by Crippen LogP contribution is -2.57. The molecule has 2 aliphatic rings. The number of hydrogen-bond donors (Lipinski definition) is 1. The van der Waals surface area contributed by atoms with Crippen LogP contribution in [0.15, 0.2) is 36.7 Å². The number of carbonyl (C=O) groups excluding carboxylic acids is 1. The van der Waals surface area contributed by atoms with Crippen LogP contribution in [0.4, 0.5) is 0 Å². The van der Waals surface area contributed by atoms with E-state index in [1.165, 1.54) is 20.7 Å². The van der Waals surface area contributed by atoms with Crippen LogP contribution in [0.3, 0.4) is 0 Å². The molecule has 2 aromatic heterocycles. The first-order valence-corrected chi connectivity index (χ1v) is 10.5. The number of H-pyrrole nitrogens is 1. The molecule has 0 aliphatic carbocycles. The van der Waals surface area contributed by atoms with E-state index in [1.807, 2.05) is 11.3 Å². The van der Waals surface area contributed by atoms with Crippen LogP contribution in [-0.2, 0) is 23.3 Å². The zero-order chi connectivity index (χ0) is 18.4. The Kier molecular flexibility index (Phi) is 4.06. The third kappa shape index (κ3) is 2.78. The molecular weight excluding hydrogens is 356 g/mol. The number of likely N-dealkylation sites (tertiary alicyclic amines) is 1. The fourth-order valence-corrected chi connectivity index (χ4v) is 5.97. The summed E-state index contributed by atoms with van der Waals surface area (Å²) in [6, 6.07) is 10.9. The summed E-state index contributed by atoms with van der Waals surface area (Å²) in [5.41, 5.74) is 2.09. The molecule has 1 saturated heterocycles. The molecule has 0 atom stereocenters. The quantitative estimate of drug-likeness (QED) is 0.740. The van der Waals surface area contributed by atoms with Crippen molar-refractivity contribution in [1.82, 2.24) is 19.8 Å². The van der Waals surface area contributed by atoms with Crippen LogP contribution < -0.4 is 0 Å². The van der Waals surface area contributed by atoms with Crippen molar-refractivity contribution in [2.24, 2.45) is 0 Å². The second-order valence-electron chi connectivity index (χ2n) is 7.71. The van der Waals surface area contributed by atoms with Crippen LogP contribution >= 0.6 is 11.3 Å². The zero-order valence-electron chi connectivity index (χ0n) is 15.6. The number of aromatic nitrogens is 2. The average molecular weight is 381 g/mol. The molecule has 0 unspecified atom stereocenters. The van der Waals surface area contributed by atoms with E-state index in [4.69, 9.17) is 0 Å². The number of aromatic amines is 1. The van der Waals surface area contributed by atoms with Gasteiger partial charge in [0.2, 0.25) is 5.91 Å². The molecule has 6 heteroatoms. The summed E-state index contributed by atoms with van der Waals surface area (Å²) in [4.78, 5) is 26.3. The molecule has 27 heavy (non-hydrogen) atoms. The molecule has 0 bridgehead atoms. The molecule has 1 amide bonds. The Hall–Kier alpha value is -2.18. The Morgan fingerprint density at radius 1 is 1.26 bits per heavy atom. The van der Waals surface area contributed by atoms with Gasteiger partial charge in [-0.2, -0.15) is 0 Å². The summed E-state index contributed by atoms with van der Waals surface area (Å²) >= 11 is 1.89. The van der Waals surface area contributed by atoms with Crippen molar-refractivity contribution in [3.05, 3.63) is 52.9 Å². The molecule has 3 aromatic rings. The van der Waals surface area contributed by atoms with Crippen LogP contribution in [0.2, 0.25) is 0 Å². The highest BCUT2D eigenvalue weighted by atomic mass is 32.1. The minimum atomic E-state index is -0.226. The van der Waals surface area contributed by atoms with Gasteiger partial charge in [-0.3, -0.25) is 9.69 Å². The van der Waals surface area contributed by atoms with Crippen molar-refractivity contribution in [1.29, 1.82) is 0 Å². The first kappa shape index (κ1) is 17.0. The Labute approximate surface area is 163 Å². The molecular formula is C21H24N4OS. The Bertz CT molecular complexity index is 950. The number of carbonyl (C=O) groups is 1. The average Bonchev–Trinajstić information content (AvgIpc) is 3.30. The highest BCUT2D eigenvalue weighted by molar-refractivity contribution is 7.19. The van der Waals surface area contributed by atoms with Crippen molar-refractivity contribution < 1.29 is 4.79 Å². The minimum Gasteiger partial charge on any atom is -0.348 e. The molecule has 5 nitrogen and oxygen atoms in total. The summed E-state index contributed by atoms with van der Waals surface area (Å²) in [6.45, 7) is 5.46. The molecule has 0 radical (unpaired) electrons. The zero-order valence-corrected chi connectivity index (χ0v) is 16.4. The van der Waals surface area contributed by atoms with Gasteiger partial charge in [0, 0.05) is 54.8 Å². The van der Waals surface area contributed by atoms with Crippen LogP contribution in [0.1, 0.15) is 36.0 Å². The Morgan fingerprint density at radius 2 is 2.07 bits per heavy atom. The third-order valence-electron chi connectivity index (χ3n) is 6.18. The SMILES string of the molecule is CC(=O)N1CCc2[nH]cnc2C12CCN(Cc1cc3ccccc3s1)CC2. The van der Waals surface area contributed by atoms with Gasteiger partial charge in [-0.15, -0.1) is 11.3 Å². The van der Waals surface area contributed by atoms with Crippen molar-refractivity contribution in [2.45, 2.75) is 38.3 Å². The predicted octanol–water partition coefficient (Wildman–Crippen LogP) is 3.52. The van der Waals surface area contributed by atoms with Gasteiger partial charge in [-0.1, -0.05) is 18.2 Å². The number of nitrogens with zero attached hydrogens (tertiary/aromatic N) is 3. The van der Waals surface area contributed by atoms with Gasteiger partial charge < -0.3 is 9.88 Å². The van der Waals surface area contributed by atoms with Crippen molar-refractivity contribution in [2.75, 3.05) is 19.6 Å². The Morgan fingerprint density at radius 3 is 2.85 bits per heavy atom. The number of nitrogens with one attached hydrogen (secondary N) is 1. The van der Waals surface area contributed by atoms with Crippen molar-refractivity contribution >= 4 is 27.3 Å². The fraction of sp³-hybridized carbons (Fsp3) is 0.429. The molecule has 1 aromatic carbocycles. The van der Waals surface area contributed by atoms with E-state index in [-0.39, 0.29) is 11.4 Å². The number of benzene rings is 1. The van der Waals surface area contributed by atoms with E-state index in [0.717, 1.165) is 51.1 Å². The van der Waals surface area contributed by atoms with Crippen LogP contribution in [0.5, 0.6) is 0 Å². The molecule has 140 valence electrons. The molecule has 1 spiro atoms. The van der Waals surface area contributed by atoms with E-state index in [1.54, 1.807) is 13.3 Å². The van der Waals surface area contributed by atoms with Crippen LogP contribution in [-0.4, -0.2) is 45.3 Å². The summed E-state index contributed by atoms with van der Waals surface area (Å²) in [7, 11) is 0. The van der Waals surface area contributed by atoms with Gasteiger partial charge in [0.15, 0.2) is 0 Å². The fourth-order valence-electron chi connectivity index (χ4n) is 4.86. The number of amides is 1. The minimum absolute atomic E-state index is 0.168. The van der Waals surface area contributed by atoms with E-state index in [2.05, 4.69) is 50.1 Å². The number of thiophene rings is 1.